The molecule has 1 saturated heterocycles. The Hall–Kier alpha value is -0.320. The SMILES string of the molecule is CCNC(c1ccc(Br)o1)C1CCOC1. The summed E-state index contributed by atoms with van der Waals surface area (Å²) in [5.74, 6) is 1.53. The van der Waals surface area contributed by atoms with E-state index in [4.69, 9.17) is 9.15 Å². The Labute approximate surface area is 98.3 Å². The van der Waals surface area contributed by atoms with E-state index in [1.807, 2.05) is 12.1 Å². The Balaban J connectivity index is 2.11. The summed E-state index contributed by atoms with van der Waals surface area (Å²) < 4.78 is 11.8. The number of hydrogen-bond donors (Lipinski definition) is 1. The van der Waals surface area contributed by atoms with Crippen molar-refractivity contribution in [3.8, 4) is 0 Å². The highest BCUT2D eigenvalue weighted by atomic mass is 79.9. The molecule has 1 fully saturated rings. The molecule has 4 heteroatoms. The first-order chi connectivity index (χ1) is 7.31. The zero-order valence-electron chi connectivity index (χ0n) is 8.83. The fourth-order valence-corrected chi connectivity index (χ4v) is 2.35. The van der Waals surface area contributed by atoms with Crippen LogP contribution < -0.4 is 5.32 Å². The lowest BCUT2D eigenvalue weighted by Crippen LogP contribution is -2.28. The summed E-state index contributed by atoms with van der Waals surface area (Å²) in [6.45, 7) is 4.75. The first-order valence-electron chi connectivity index (χ1n) is 5.37. The van der Waals surface area contributed by atoms with Crippen molar-refractivity contribution in [1.82, 2.24) is 5.32 Å². The van der Waals surface area contributed by atoms with Gasteiger partial charge in [0.15, 0.2) is 4.67 Å². The van der Waals surface area contributed by atoms with Crippen molar-refractivity contribution in [3.05, 3.63) is 22.6 Å². The van der Waals surface area contributed by atoms with E-state index < -0.39 is 0 Å². The molecule has 2 unspecified atom stereocenters. The van der Waals surface area contributed by atoms with Gasteiger partial charge in [0.2, 0.25) is 0 Å². The molecule has 1 aliphatic rings. The van der Waals surface area contributed by atoms with Gasteiger partial charge in [-0.3, -0.25) is 0 Å². The van der Waals surface area contributed by atoms with Crippen LogP contribution in [0.3, 0.4) is 0 Å². The van der Waals surface area contributed by atoms with Gasteiger partial charge in [-0.25, -0.2) is 0 Å². The van der Waals surface area contributed by atoms with Crippen LogP contribution in [0, 0.1) is 5.92 Å². The Bertz CT molecular complexity index is 307. The summed E-state index contributed by atoms with van der Waals surface area (Å²) in [5, 5.41) is 3.46. The summed E-state index contributed by atoms with van der Waals surface area (Å²) in [5.41, 5.74) is 0. The topological polar surface area (TPSA) is 34.4 Å². The number of hydrogen-bond acceptors (Lipinski definition) is 3. The second-order valence-electron chi connectivity index (χ2n) is 3.80. The third kappa shape index (κ3) is 2.62. The second kappa shape index (κ2) is 5.14. The van der Waals surface area contributed by atoms with Gasteiger partial charge < -0.3 is 14.5 Å². The molecule has 2 atom stereocenters. The molecule has 3 nitrogen and oxygen atoms in total. The molecular formula is C11H16BrNO2. The van der Waals surface area contributed by atoms with Crippen LogP contribution in [0.2, 0.25) is 0 Å². The minimum Gasteiger partial charge on any atom is -0.453 e. The first-order valence-corrected chi connectivity index (χ1v) is 6.17. The Morgan fingerprint density at radius 3 is 3.00 bits per heavy atom. The van der Waals surface area contributed by atoms with E-state index in [2.05, 4.69) is 28.2 Å². The molecule has 0 bridgehead atoms. The van der Waals surface area contributed by atoms with Crippen molar-refractivity contribution >= 4 is 15.9 Å². The molecule has 2 rings (SSSR count). The van der Waals surface area contributed by atoms with E-state index in [1.165, 1.54) is 0 Å². The van der Waals surface area contributed by atoms with Crippen LogP contribution in [0.4, 0.5) is 0 Å². The highest BCUT2D eigenvalue weighted by Gasteiger charge is 2.28. The third-order valence-electron chi connectivity index (χ3n) is 2.76. The molecule has 0 aliphatic carbocycles. The Morgan fingerprint density at radius 2 is 2.47 bits per heavy atom. The summed E-state index contributed by atoms with van der Waals surface area (Å²) in [6.07, 6.45) is 1.11. The Kier molecular flexibility index (Phi) is 3.83. The van der Waals surface area contributed by atoms with Crippen LogP contribution in [-0.4, -0.2) is 19.8 Å². The normalized spacial score (nSPS) is 23.2. The predicted octanol–water partition coefficient (Wildman–Crippen LogP) is 2.73. The van der Waals surface area contributed by atoms with E-state index in [0.717, 1.165) is 36.6 Å². The van der Waals surface area contributed by atoms with Gasteiger partial charge in [-0.15, -0.1) is 0 Å². The minimum atomic E-state index is 0.281. The molecule has 1 aromatic heterocycles. The molecule has 1 N–H and O–H groups in total. The molecular weight excluding hydrogens is 258 g/mol. The number of rotatable bonds is 4. The monoisotopic (exact) mass is 273 g/mol. The number of halogens is 1. The number of furan rings is 1. The maximum Gasteiger partial charge on any atom is 0.169 e. The van der Waals surface area contributed by atoms with Crippen LogP contribution >= 0.6 is 15.9 Å². The average molecular weight is 274 g/mol. The van der Waals surface area contributed by atoms with E-state index in [-0.39, 0.29) is 6.04 Å². The summed E-state index contributed by atoms with van der Waals surface area (Å²) in [7, 11) is 0. The lowest BCUT2D eigenvalue weighted by molar-refractivity contribution is 0.173. The van der Waals surface area contributed by atoms with Crippen molar-refractivity contribution in [3.63, 3.8) is 0 Å². The predicted molar refractivity (Wildman–Crippen MR) is 61.8 cm³/mol. The van der Waals surface area contributed by atoms with Crippen molar-refractivity contribution < 1.29 is 9.15 Å². The highest BCUT2D eigenvalue weighted by Crippen LogP contribution is 2.30. The van der Waals surface area contributed by atoms with Crippen LogP contribution in [0.1, 0.15) is 25.1 Å². The quantitative estimate of drug-likeness (QED) is 0.916. The van der Waals surface area contributed by atoms with Gasteiger partial charge in [0.05, 0.1) is 12.6 Å². The van der Waals surface area contributed by atoms with Gasteiger partial charge in [0, 0.05) is 12.5 Å². The molecule has 15 heavy (non-hydrogen) atoms. The average Bonchev–Trinajstić information content (AvgIpc) is 2.85. The zero-order valence-corrected chi connectivity index (χ0v) is 10.4. The fraction of sp³-hybridized carbons (Fsp3) is 0.636. The van der Waals surface area contributed by atoms with Gasteiger partial charge in [-0.05, 0) is 41.0 Å². The molecule has 84 valence electrons. The molecule has 0 saturated carbocycles. The molecule has 1 aliphatic heterocycles. The third-order valence-corrected chi connectivity index (χ3v) is 3.19. The standard InChI is InChI=1S/C11H16BrNO2/c1-2-13-11(8-5-6-14-7-8)9-3-4-10(12)15-9/h3-4,8,11,13H,2,5-7H2,1H3. The fourth-order valence-electron chi connectivity index (χ4n) is 2.03. The van der Waals surface area contributed by atoms with Crippen molar-refractivity contribution in [2.24, 2.45) is 5.92 Å². The summed E-state index contributed by atoms with van der Waals surface area (Å²) >= 11 is 3.33. The maximum absolute atomic E-state index is 5.61. The zero-order chi connectivity index (χ0) is 10.7. The molecule has 2 heterocycles. The number of ether oxygens (including phenoxy) is 1. The largest absolute Gasteiger partial charge is 0.453 e. The van der Waals surface area contributed by atoms with Crippen LogP contribution in [0.25, 0.3) is 0 Å². The van der Waals surface area contributed by atoms with E-state index >= 15 is 0 Å². The van der Waals surface area contributed by atoms with Crippen LogP contribution in [0.5, 0.6) is 0 Å². The van der Waals surface area contributed by atoms with Crippen molar-refractivity contribution in [2.75, 3.05) is 19.8 Å². The van der Waals surface area contributed by atoms with E-state index in [1.54, 1.807) is 0 Å². The van der Waals surface area contributed by atoms with Gasteiger partial charge in [0.1, 0.15) is 5.76 Å². The van der Waals surface area contributed by atoms with Gasteiger partial charge in [-0.1, -0.05) is 6.92 Å². The first kappa shape index (κ1) is 11.2. The maximum atomic E-state index is 5.61. The molecule has 0 aromatic carbocycles. The van der Waals surface area contributed by atoms with Gasteiger partial charge in [0.25, 0.3) is 0 Å². The highest BCUT2D eigenvalue weighted by molar-refractivity contribution is 9.10. The van der Waals surface area contributed by atoms with E-state index in [0.29, 0.717) is 5.92 Å². The summed E-state index contributed by atoms with van der Waals surface area (Å²) in [6, 6.07) is 4.24. The molecule has 0 amide bonds. The molecule has 0 radical (unpaired) electrons. The smallest absolute Gasteiger partial charge is 0.169 e. The Morgan fingerprint density at radius 1 is 1.60 bits per heavy atom. The van der Waals surface area contributed by atoms with Crippen molar-refractivity contribution in [1.29, 1.82) is 0 Å². The van der Waals surface area contributed by atoms with Crippen LogP contribution in [0.15, 0.2) is 21.2 Å². The molecule has 0 spiro atoms. The van der Waals surface area contributed by atoms with Crippen LogP contribution in [-0.2, 0) is 4.74 Å². The van der Waals surface area contributed by atoms with E-state index in [9.17, 15) is 0 Å². The van der Waals surface area contributed by atoms with Gasteiger partial charge >= 0.3 is 0 Å². The summed E-state index contributed by atoms with van der Waals surface area (Å²) in [4.78, 5) is 0. The number of nitrogens with one attached hydrogen (secondary N) is 1. The molecule has 1 aromatic rings. The second-order valence-corrected chi connectivity index (χ2v) is 4.58. The van der Waals surface area contributed by atoms with Crippen molar-refractivity contribution in [2.45, 2.75) is 19.4 Å². The lowest BCUT2D eigenvalue weighted by Gasteiger charge is -2.20. The van der Waals surface area contributed by atoms with Gasteiger partial charge in [-0.2, -0.15) is 0 Å². The minimum absolute atomic E-state index is 0.281. The lowest BCUT2D eigenvalue weighted by atomic mass is 9.97.